The highest BCUT2D eigenvalue weighted by atomic mass is 35.5. The number of aromatic nitrogens is 4. The van der Waals surface area contributed by atoms with Crippen molar-refractivity contribution >= 4 is 27.9 Å². The summed E-state index contributed by atoms with van der Waals surface area (Å²) in [7, 11) is 0. The molecular weight excluding hydrogens is 358 g/mol. The Morgan fingerprint density at radius 3 is 2.56 bits per heavy atom. The van der Waals surface area contributed by atoms with Crippen LogP contribution in [0, 0.1) is 0 Å². The van der Waals surface area contributed by atoms with Crippen LogP contribution in [-0.4, -0.2) is 37.8 Å². The molecular formula is C17H20ClN5OS. The number of nitrogens with zero attached hydrogens (tertiary/aromatic N) is 5. The standard InChI is InChI=1S/C17H20ClN5OS/c18-13-5-7-14(8-6-13)24-12-16-21-23-15(19-20-17(23)25-16)11-22-9-3-1-2-4-10-22/h5-8H,1-4,9-12H2. The molecule has 25 heavy (non-hydrogen) atoms. The Kier molecular flexibility index (Phi) is 5.14. The maximum absolute atomic E-state index is 5.89. The molecule has 0 saturated carbocycles. The van der Waals surface area contributed by atoms with Gasteiger partial charge < -0.3 is 4.74 Å². The van der Waals surface area contributed by atoms with E-state index in [1.54, 1.807) is 0 Å². The van der Waals surface area contributed by atoms with E-state index in [9.17, 15) is 0 Å². The predicted octanol–water partition coefficient (Wildman–Crippen LogP) is 3.79. The Bertz CT molecular complexity index is 823. The summed E-state index contributed by atoms with van der Waals surface area (Å²) in [4.78, 5) is 3.27. The molecule has 0 spiro atoms. The van der Waals surface area contributed by atoms with Crippen LogP contribution in [0.4, 0.5) is 0 Å². The fourth-order valence-corrected chi connectivity index (χ4v) is 3.92. The zero-order chi connectivity index (χ0) is 17.1. The second-order valence-electron chi connectivity index (χ2n) is 6.24. The maximum atomic E-state index is 5.89. The van der Waals surface area contributed by atoms with Crippen molar-refractivity contribution in [3.05, 3.63) is 40.1 Å². The van der Waals surface area contributed by atoms with Crippen molar-refractivity contribution < 1.29 is 4.74 Å². The van der Waals surface area contributed by atoms with E-state index >= 15 is 0 Å². The zero-order valence-electron chi connectivity index (χ0n) is 13.9. The van der Waals surface area contributed by atoms with E-state index in [4.69, 9.17) is 16.3 Å². The van der Waals surface area contributed by atoms with Crippen LogP contribution in [0.5, 0.6) is 5.75 Å². The Hall–Kier alpha value is -1.70. The average molecular weight is 378 g/mol. The minimum absolute atomic E-state index is 0.415. The molecule has 3 aromatic rings. The van der Waals surface area contributed by atoms with Gasteiger partial charge in [-0.3, -0.25) is 4.90 Å². The lowest BCUT2D eigenvalue weighted by molar-refractivity contribution is 0.267. The Labute approximate surface area is 155 Å². The van der Waals surface area contributed by atoms with Gasteiger partial charge in [0.1, 0.15) is 12.4 Å². The third-order valence-electron chi connectivity index (χ3n) is 4.34. The van der Waals surface area contributed by atoms with Gasteiger partial charge >= 0.3 is 0 Å². The van der Waals surface area contributed by atoms with Crippen LogP contribution >= 0.6 is 22.9 Å². The summed E-state index contributed by atoms with van der Waals surface area (Å²) in [5, 5.41) is 14.8. The molecule has 2 aromatic heterocycles. The van der Waals surface area contributed by atoms with E-state index in [2.05, 4.69) is 20.2 Å². The smallest absolute Gasteiger partial charge is 0.234 e. The number of likely N-dealkylation sites (tertiary alicyclic amines) is 1. The lowest BCUT2D eigenvalue weighted by Crippen LogP contribution is -2.25. The van der Waals surface area contributed by atoms with E-state index in [1.165, 1.54) is 37.0 Å². The third kappa shape index (κ3) is 4.11. The lowest BCUT2D eigenvalue weighted by Gasteiger charge is -2.17. The van der Waals surface area contributed by atoms with E-state index < -0.39 is 0 Å². The highest BCUT2D eigenvalue weighted by Crippen LogP contribution is 2.20. The fraction of sp³-hybridized carbons (Fsp3) is 0.471. The monoisotopic (exact) mass is 377 g/mol. The average Bonchev–Trinajstić information content (AvgIpc) is 3.07. The SMILES string of the molecule is Clc1ccc(OCc2nn3c(CN4CCCCCC4)nnc3s2)cc1. The molecule has 0 aliphatic carbocycles. The number of hydrogen-bond donors (Lipinski definition) is 0. The summed E-state index contributed by atoms with van der Waals surface area (Å²) >= 11 is 7.40. The van der Waals surface area contributed by atoms with Crippen molar-refractivity contribution in [2.45, 2.75) is 38.8 Å². The van der Waals surface area contributed by atoms with Gasteiger partial charge in [0.15, 0.2) is 10.8 Å². The molecule has 1 saturated heterocycles. The van der Waals surface area contributed by atoms with Gasteiger partial charge in [-0.25, -0.2) is 0 Å². The van der Waals surface area contributed by atoms with E-state index in [-0.39, 0.29) is 0 Å². The molecule has 0 unspecified atom stereocenters. The first-order valence-corrected chi connectivity index (χ1v) is 9.78. The van der Waals surface area contributed by atoms with Crippen molar-refractivity contribution in [1.82, 2.24) is 24.7 Å². The molecule has 3 heterocycles. The summed E-state index contributed by atoms with van der Waals surface area (Å²) in [5.41, 5.74) is 0. The molecule has 0 radical (unpaired) electrons. The van der Waals surface area contributed by atoms with Crippen LogP contribution in [0.15, 0.2) is 24.3 Å². The van der Waals surface area contributed by atoms with Gasteiger partial charge in [0, 0.05) is 5.02 Å². The van der Waals surface area contributed by atoms with Crippen LogP contribution in [0.2, 0.25) is 5.02 Å². The molecule has 1 aliphatic rings. The number of benzene rings is 1. The highest BCUT2D eigenvalue weighted by Gasteiger charge is 2.16. The van der Waals surface area contributed by atoms with Crippen LogP contribution in [0.1, 0.15) is 36.5 Å². The number of fused-ring (bicyclic) bond motifs is 1. The second-order valence-corrected chi connectivity index (χ2v) is 7.72. The van der Waals surface area contributed by atoms with Gasteiger partial charge in [-0.15, -0.1) is 10.2 Å². The first kappa shape index (κ1) is 16.8. The van der Waals surface area contributed by atoms with Gasteiger partial charge in [-0.2, -0.15) is 9.61 Å². The Morgan fingerprint density at radius 1 is 1.04 bits per heavy atom. The number of rotatable bonds is 5. The summed E-state index contributed by atoms with van der Waals surface area (Å²) in [6.07, 6.45) is 5.18. The number of ether oxygens (including phenoxy) is 1. The molecule has 1 aliphatic heterocycles. The van der Waals surface area contributed by atoms with Crippen molar-refractivity contribution in [3.63, 3.8) is 0 Å². The molecule has 1 fully saturated rings. The van der Waals surface area contributed by atoms with E-state index in [0.29, 0.717) is 11.6 Å². The molecule has 1 aromatic carbocycles. The Balaban J connectivity index is 1.43. The van der Waals surface area contributed by atoms with E-state index in [0.717, 1.165) is 41.2 Å². The molecule has 4 rings (SSSR count). The number of halogens is 1. The minimum Gasteiger partial charge on any atom is -0.486 e. The Morgan fingerprint density at radius 2 is 1.80 bits per heavy atom. The largest absolute Gasteiger partial charge is 0.486 e. The quantitative estimate of drug-likeness (QED) is 0.677. The fourth-order valence-electron chi connectivity index (χ4n) is 3.02. The van der Waals surface area contributed by atoms with Crippen LogP contribution < -0.4 is 4.74 Å². The van der Waals surface area contributed by atoms with Crippen molar-refractivity contribution in [1.29, 1.82) is 0 Å². The maximum Gasteiger partial charge on any atom is 0.234 e. The topological polar surface area (TPSA) is 55.6 Å². The first-order valence-electron chi connectivity index (χ1n) is 8.59. The third-order valence-corrected chi connectivity index (χ3v) is 5.46. The lowest BCUT2D eigenvalue weighted by atomic mass is 10.2. The molecule has 6 nitrogen and oxygen atoms in total. The van der Waals surface area contributed by atoms with Crippen molar-refractivity contribution in [2.75, 3.05) is 13.1 Å². The molecule has 0 amide bonds. The highest BCUT2D eigenvalue weighted by molar-refractivity contribution is 7.16. The number of hydrogen-bond acceptors (Lipinski definition) is 6. The molecule has 132 valence electrons. The molecule has 8 heteroatoms. The summed E-state index contributed by atoms with van der Waals surface area (Å²) < 4.78 is 7.63. The molecule has 0 N–H and O–H groups in total. The van der Waals surface area contributed by atoms with Gasteiger partial charge in [0.25, 0.3) is 0 Å². The molecule has 0 atom stereocenters. The van der Waals surface area contributed by atoms with Crippen molar-refractivity contribution in [3.8, 4) is 5.75 Å². The van der Waals surface area contributed by atoms with Gasteiger partial charge in [0.05, 0.1) is 6.54 Å². The second kappa shape index (κ2) is 7.68. The van der Waals surface area contributed by atoms with Crippen LogP contribution in [0.3, 0.4) is 0 Å². The first-order chi connectivity index (χ1) is 12.3. The van der Waals surface area contributed by atoms with Gasteiger partial charge in [-0.05, 0) is 50.2 Å². The van der Waals surface area contributed by atoms with Gasteiger partial charge in [-0.1, -0.05) is 35.8 Å². The normalized spacial score (nSPS) is 16.2. The minimum atomic E-state index is 0.415. The van der Waals surface area contributed by atoms with E-state index in [1.807, 2.05) is 28.8 Å². The van der Waals surface area contributed by atoms with Crippen LogP contribution in [0.25, 0.3) is 4.96 Å². The summed E-state index contributed by atoms with van der Waals surface area (Å²) in [6.45, 7) is 3.48. The zero-order valence-corrected chi connectivity index (χ0v) is 15.5. The van der Waals surface area contributed by atoms with Gasteiger partial charge in [0.2, 0.25) is 4.96 Å². The predicted molar refractivity (Wildman–Crippen MR) is 98.2 cm³/mol. The summed E-state index contributed by atoms with van der Waals surface area (Å²) in [5.74, 6) is 1.69. The van der Waals surface area contributed by atoms with Crippen molar-refractivity contribution in [2.24, 2.45) is 0 Å². The summed E-state index contributed by atoms with van der Waals surface area (Å²) in [6, 6.07) is 7.34. The van der Waals surface area contributed by atoms with Crippen LogP contribution in [-0.2, 0) is 13.2 Å². The molecule has 0 bridgehead atoms.